The number of hydrogen-bond acceptors (Lipinski definition) is 6. The van der Waals surface area contributed by atoms with Gasteiger partial charge < -0.3 is 19.4 Å². The third-order valence-corrected chi connectivity index (χ3v) is 5.56. The molecule has 1 aliphatic carbocycles. The number of aromatic amines is 1. The molecule has 4 rings (SSSR count). The van der Waals surface area contributed by atoms with Crippen molar-refractivity contribution in [3.05, 3.63) is 30.1 Å². The molecule has 150 valence electrons. The monoisotopic (exact) mass is 387 g/mol. The first-order chi connectivity index (χ1) is 13.6. The highest BCUT2D eigenvalue weighted by molar-refractivity contribution is 5.91. The summed E-state index contributed by atoms with van der Waals surface area (Å²) in [6, 6.07) is 2.11. The Bertz CT molecular complexity index is 818. The molecule has 0 radical (unpaired) electrons. The number of aromatic nitrogens is 3. The lowest BCUT2D eigenvalue weighted by Crippen LogP contribution is -2.36. The predicted molar refractivity (Wildman–Crippen MR) is 99.7 cm³/mol. The quantitative estimate of drug-likeness (QED) is 0.815. The van der Waals surface area contributed by atoms with Crippen molar-refractivity contribution < 1.29 is 18.7 Å². The molecular weight excluding hydrogens is 362 g/mol. The Morgan fingerprint density at radius 3 is 3.04 bits per heavy atom. The molecule has 2 amide bonds. The highest BCUT2D eigenvalue weighted by Gasteiger charge is 2.33. The first-order valence-corrected chi connectivity index (χ1v) is 9.78. The molecule has 9 nitrogen and oxygen atoms in total. The Morgan fingerprint density at radius 1 is 1.39 bits per heavy atom. The minimum absolute atomic E-state index is 0.0712. The number of likely N-dealkylation sites (tertiary alicyclic amines) is 1. The molecule has 0 bridgehead atoms. The second kappa shape index (κ2) is 8.04. The standard InChI is InChI=1S/C19H25N5O4/c1-12-3-2-6-24(12)19(26)28-14-5-4-13(7-14)16-9-17(23-22-16)21-18(25)8-15-10-20-11-27-15/h9-14H,2-8H2,1H3,(H2,21,22,23,25)/t12-,13-,14+/m0/s1. The van der Waals surface area contributed by atoms with Gasteiger partial charge >= 0.3 is 6.09 Å². The number of H-pyrrole nitrogens is 1. The molecule has 3 atom stereocenters. The predicted octanol–water partition coefficient (Wildman–Crippen LogP) is 2.84. The van der Waals surface area contributed by atoms with Crippen LogP contribution in [0, 0.1) is 0 Å². The smallest absolute Gasteiger partial charge is 0.410 e. The van der Waals surface area contributed by atoms with Crippen LogP contribution in [0.5, 0.6) is 0 Å². The second-order valence-electron chi connectivity index (χ2n) is 7.60. The van der Waals surface area contributed by atoms with E-state index in [4.69, 9.17) is 9.15 Å². The molecule has 0 unspecified atom stereocenters. The summed E-state index contributed by atoms with van der Waals surface area (Å²) in [6.45, 7) is 2.85. The van der Waals surface area contributed by atoms with E-state index >= 15 is 0 Å². The van der Waals surface area contributed by atoms with Crippen LogP contribution in [0.3, 0.4) is 0 Å². The summed E-state index contributed by atoms with van der Waals surface area (Å²) < 4.78 is 10.8. The van der Waals surface area contributed by atoms with Gasteiger partial charge in [0.25, 0.3) is 0 Å². The Morgan fingerprint density at radius 2 is 2.29 bits per heavy atom. The van der Waals surface area contributed by atoms with Gasteiger partial charge in [0, 0.05) is 30.3 Å². The average Bonchev–Trinajstić information content (AvgIpc) is 3.42. The van der Waals surface area contributed by atoms with Crippen LogP contribution in [0.1, 0.15) is 56.4 Å². The van der Waals surface area contributed by atoms with Crippen molar-refractivity contribution in [2.45, 2.75) is 63.5 Å². The molecule has 0 spiro atoms. The number of carbonyl (C=O) groups is 2. The largest absolute Gasteiger partial charge is 0.448 e. The van der Waals surface area contributed by atoms with Gasteiger partial charge in [0.2, 0.25) is 5.91 Å². The minimum Gasteiger partial charge on any atom is -0.448 e. The maximum atomic E-state index is 12.3. The van der Waals surface area contributed by atoms with Gasteiger partial charge in [-0.2, -0.15) is 5.10 Å². The number of nitrogens with zero attached hydrogens (tertiary/aromatic N) is 3. The first kappa shape index (κ1) is 18.5. The van der Waals surface area contributed by atoms with Crippen LogP contribution in [0.15, 0.2) is 23.1 Å². The average molecular weight is 387 g/mol. The molecule has 9 heteroatoms. The normalized spacial score (nSPS) is 24.5. The van der Waals surface area contributed by atoms with Crippen LogP contribution < -0.4 is 5.32 Å². The summed E-state index contributed by atoms with van der Waals surface area (Å²) in [5.41, 5.74) is 0.947. The van der Waals surface area contributed by atoms with Crippen LogP contribution in [0.25, 0.3) is 0 Å². The van der Waals surface area contributed by atoms with Gasteiger partial charge in [0.1, 0.15) is 11.9 Å². The third kappa shape index (κ3) is 4.18. The molecule has 3 heterocycles. The summed E-state index contributed by atoms with van der Waals surface area (Å²) in [6.07, 6.45) is 7.26. The van der Waals surface area contributed by atoms with Gasteiger partial charge in [-0.1, -0.05) is 0 Å². The topological polar surface area (TPSA) is 113 Å². The van der Waals surface area contributed by atoms with Crippen molar-refractivity contribution in [2.75, 3.05) is 11.9 Å². The molecule has 2 fully saturated rings. The van der Waals surface area contributed by atoms with E-state index in [0.717, 1.165) is 44.3 Å². The molecule has 2 aromatic rings. The number of rotatable bonds is 5. The highest BCUT2D eigenvalue weighted by Crippen LogP contribution is 2.36. The number of anilines is 1. The van der Waals surface area contributed by atoms with Crippen molar-refractivity contribution in [3.8, 4) is 0 Å². The minimum atomic E-state index is -0.215. The molecule has 1 saturated heterocycles. The summed E-state index contributed by atoms with van der Waals surface area (Å²) in [5.74, 6) is 1.00. The SMILES string of the molecule is C[C@H]1CCCN1C(=O)O[C@@H]1CC[C@H](c2cc(NC(=O)Cc3cnco3)n[nH]2)C1. The van der Waals surface area contributed by atoms with E-state index in [9.17, 15) is 9.59 Å². The van der Waals surface area contributed by atoms with Crippen LogP contribution >= 0.6 is 0 Å². The maximum Gasteiger partial charge on any atom is 0.410 e. The molecule has 0 aromatic carbocycles. The molecular formula is C19H25N5O4. The highest BCUT2D eigenvalue weighted by atomic mass is 16.6. The lowest BCUT2D eigenvalue weighted by atomic mass is 10.0. The van der Waals surface area contributed by atoms with Gasteiger partial charge in [-0.15, -0.1) is 0 Å². The Labute approximate surface area is 162 Å². The molecule has 2 N–H and O–H groups in total. The number of oxazole rings is 1. The summed E-state index contributed by atoms with van der Waals surface area (Å²) in [5, 5.41) is 9.91. The zero-order chi connectivity index (χ0) is 19.5. The van der Waals surface area contributed by atoms with Gasteiger partial charge in [0.05, 0.1) is 12.6 Å². The Kier molecular flexibility index (Phi) is 5.31. The fraction of sp³-hybridized carbons (Fsp3) is 0.579. The molecule has 2 aromatic heterocycles. The summed E-state index contributed by atoms with van der Waals surface area (Å²) in [7, 11) is 0. The summed E-state index contributed by atoms with van der Waals surface area (Å²) in [4.78, 5) is 30.0. The zero-order valence-corrected chi connectivity index (χ0v) is 15.9. The molecule has 28 heavy (non-hydrogen) atoms. The van der Waals surface area contributed by atoms with Crippen molar-refractivity contribution >= 4 is 17.8 Å². The molecule has 1 saturated carbocycles. The summed E-state index contributed by atoms with van der Waals surface area (Å²) >= 11 is 0. The van der Waals surface area contributed by atoms with Crippen LogP contribution in [0.4, 0.5) is 10.6 Å². The van der Waals surface area contributed by atoms with E-state index in [2.05, 4.69) is 27.4 Å². The van der Waals surface area contributed by atoms with E-state index < -0.39 is 0 Å². The van der Waals surface area contributed by atoms with Crippen LogP contribution in [-0.4, -0.2) is 50.8 Å². The Hall–Kier alpha value is -2.84. The van der Waals surface area contributed by atoms with Crippen LogP contribution in [-0.2, 0) is 16.0 Å². The van der Waals surface area contributed by atoms with E-state index in [1.165, 1.54) is 12.6 Å². The number of carbonyl (C=O) groups excluding carboxylic acids is 2. The third-order valence-electron chi connectivity index (χ3n) is 5.56. The van der Waals surface area contributed by atoms with Crippen molar-refractivity contribution in [1.29, 1.82) is 0 Å². The number of hydrogen-bond donors (Lipinski definition) is 2. The lowest BCUT2D eigenvalue weighted by molar-refractivity contribution is -0.115. The van der Waals surface area contributed by atoms with Crippen molar-refractivity contribution in [2.24, 2.45) is 0 Å². The van der Waals surface area contributed by atoms with E-state index in [0.29, 0.717) is 11.6 Å². The van der Waals surface area contributed by atoms with Crippen molar-refractivity contribution in [1.82, 2.24) is 20.1 Å². The zero-order valence-electron chi connectivity index (χ0n) is 15.9. The van der Waals surface area contributed by atoms with Gasteiger partial charge in [-0.3, -0.25) is 9.89 Å². The second-order valence-corrected chi connectivity index (χ2v) is 7.60. The fourth-order valence-corrected chi connectivity index (χ4v) is 4.03. The first-order valence-electron chi connectivity index (χ1n) is 9.78. The van der Waals surface area contributed by atoms with E-state index in [-0.39, 0.29) is 36.5 Å². The van der Waals surface area contributed by atoms with E-state index in [1.807, 2.05) is 11.0 Å². The van der Waals surface area contributed by atoms with Gasteiger partial charge in [-0.05, 0) is 39.0 Å². The fourth-order valence-electron chi connectivity index (χ4n) is 4.03. The van der Waals surface area contributed by atoms with Crippen LogP contribution in [0.2, 0.25) is 0 Å². The molecule has 1 aliphatic heterocycles. The van der Waals surface area contributed by atoms with Crippen molar-refractivity contribution in [3.63, 3.8) is 0 Å². The molecule has 2 aliphatic rings. The number of ether oxygens (including phenoxy) is 1. The Balaban J connectivity index is 1.27. The number of nitrogens with one attached hydrogen (secondary N) is 2. The van der Waals surface area contributed by atoms with Gasteiger partial charge in [-0.25, -0.2) is 9.78 Å². The lowest BCUT2D eigenvalue weighted by Gasteiger charge is -2.23. The van der Waals surface area contributed by atoms with E-state index in [1.54, 1.807) is 0 Å². The maximum absolute atomic E-state index is 12.3. The number of amides is 2. The van der Waals surface area contributed by atoms with Gasteiger partial charge in [0.15, 0.2) is 12.2 Å².